The topological polar surface area (TPSA) is 55.1 Å². The normalized spacial score (nSPS) is 31.0. The average molecular weight is 184 g/mol. The fourth-order valence-corrected chi connectivity index (χ4v) is 1.84. The molecule has 3 heteroatoms. The van der Waals surface area contributed by atoms with Crippen LogP contribution in [0.5, 0.6) is 0 Å². The van der Waals surface area contributed by atoms with Gasteiger partial charge in [0.25, 0.3) is 0 Å². The first-order chi connectivity index (χ1) is 6.11. The molecule has 3 N–H and O–H groups in total. The third kappa shape index (κ3) is 2.99. The Morgan fingerprint density at radius 2 is 2.08 bits per heavy atom. The maximum Gasteiger partial charge on any atom is 0.236 e. The Morgan fingerprint density at radius 3 is 2.62 bits per heavy atom. The van der Waals surface area contributed by atoms with Gasteiger partial charge in [0.15, 0.2) is 0 Å². The quantitative estimate of drug-likeness (QED) is 0.673. The van der Waals surface area contributed by atoms with E-state index in [0.29, 0.717) is 12.0 Å². The molecule has 0 aliphatic heterocycles. The molecule has 1 saturated carbocycles. The van der Waals surface area contributed by atoms with Crippen LogP contribution in [0.2, 0.25) is 0 Å². The van der Waals surface area contributed by atoms with E-state index in [4.69, 9.17) is 5.73 Å². The van der Waals surface area contributed by atoms with Gasteiger partial charge in [0, 0.05) is 6.04 Å². The lowest BCUT2D eigenvalue weighted by Crippen LogP contribution is -2.47. The summed E-state index contributed by atoms with van der Waals surface area (Å²) in [7, 11) is 0. The first-order valence-electron chi connectivity index (χ1n) is 5.17. The summed E-state index contributed by atoms with van der Waals surface area (Å²) in [4.78, 5) is 11.3. The van der Waals surface area contributed by atoms with Gasteiger partial charge in [0.2, 0.25) is 5.91 Å². The maximum absolute atomic E-state index is 11.3. The number of nitrogens with one attached hydrogen (secondary N) is 1. The molecule has 0 radical (unpaired) electrons. The van der Waals surface area contributed by atoms with Crippen LogP contribution in [-0.2, 0) is 4.79 Å². The minimum absolute atomic E-state index is 0.0150. The molecule has 0 spiro atoms. The van der Waals surface area contributed by atoms with Gasteiger partial charge in [-0.3, -0.25) is 4.79 Å². The number of rotatable bonds is 2. The van der Waals surface area contributed by atoms with Gasteiger partial charge in [-0.05, 0) is 25.7 Å². The second-order valence-electron chi connectivity index (χ2n) is 4.17. The molecule has 76 valence electrons. The predicted molar refractivity (Wildman–Crippen MR) is 53.2 cm³/mol. The molecule has 0 aromatic rings. The molecule has 1 aliphatic rings. The summed E-state index contributed by atoms with van der Waals surface area (Å²) in [5.74, 6) is 0.593. The lowest BCUT2D eigenvalue weighted by Gasteiger charge is -2.30. The standard InChI is InChI=1S/C10H20N2O/c1-7-5-3-4-6-9(7)12-10(13)8(2)11/h7-9H,3-6,11H2,1-2H3,(H,12,13). The highest BCUT2D eigenvalue weighted by atomic mass is 16.2. The lowest BCUT2D eigenvalue weighted by molar-refractivity contribution is -0.123. The van der Waals surface area contributed by atoms with Crippen molar-refractivity contribution in [2.75, 3.05) is 0 Å². The van der Waals surface area contributed by atoms with Crippen LogP contribution < -0.4 is 11.1 Å². The average Bonchev–Trinajstić information content (AvgIpc) is 2.08. The molecule has 3 unspecified atom stereocenters. The van der Waals surface area contributed by atoms with Gasteiger partial charge >= 0.3 is 0 Å². The number of carbonyl (C=O) groups is 1. The van der Waals surface area contributed by atoms with Crippen molar-refractivity contribution in [2.24, 2.45) is 11.7 Å². The highest BCUT2D eigenvalue weighted by Gasteiger charge is 2.23. The third-order valence-electron chi connectivity index (χ3n) is 2.85. The van der Waals surface area contributed by atoms with Gasteiger partial charge in [-0.1, -0.05) is 19.8 Å². The zero-order valence-corrected chi connectivity index (χ0v) is 8.55. The van der Waals surface area contributed by atoms with Gasteiger partial charge in [0.1, 0.15) is 0 Å². The van der Waals surface area contributed by atoms with E-state index in [1.54, 1.807) is 6.92 Å². The van der Waals surface area contributed by atoms with E-state index in [9.17, 15) is 4.79 Å². The molecule has 0 aromatic heterocycles. The lowest BCUT2D eigenvalue weighted by atomic mass is 9.86. The van der Waals surface area contributed by atoms with E-state index in [0.717, 1.165) is 6.42 Å². The molecule has 1 amide bonds. The van der Waals surface area contributed by atoms with Crippen LogP contribution in [0.4, 0.5) is 0 Å². The van der Waals surface area contributed by atoms with Crippen molar-refractivity contribution in [1.82, 2.24) is 5.32 Å². The molecular formula is C10H20N2O. The zero-order chi connectivity index (χ0) is 9.84. The van der Waals surface area contributed by atoms with Crippen LogP contribution in [-0.4, -0.2) is 18.0 Å². The summed E-state index contributed by atoms with van der Waals surface area (Å²) in [6.45, 7) is 3.92. The molecule has 0 aromatic carbocycles. The van der Waals surface area contributed by atoms with E-state index in [-0.39, 0.29) is 11.9 Å². The van der Waals surface area contributed by atoms with Crippen LogP contribution in [0.15, 0.2) is 0 Å². The molecule has 0 heterocycles. The summed E-state index contributed by atoms with van der Waals surface area (Å²) >= 11 is 0. The highest BCUT2D eigenvalue weighted by Crippen LogP contribution is 2.23. The number of hydrogen-bond acceptors (Lipinski definition) is 2. The molecule has 0 saturated heterocycles. The number of nitrogens with two attached hydrogens (primary N) is 1. The van der Waals surface area contributed by atoms with Crippen LogP contribution in [0.3, 0.4) is 0 Å². The minimum Gasteiger partial charge on any atom is -0.352 e. The molecule has 3 atom stereocenters. The molecule has 1 fully saturated rings. The maximum atomic E-state index is 11.3. The fraction of sp³-hybridized carbons (Fsp3) is 0.900. The van der Waals surface area contributed by atoms with Crippen LogP contribution >= 0.6 is 0 Å². The number of carbonyl (C=O) groups excluding carboxylic acids is 1. The first kappa shape index (κ1) is 10.5. The first-order valence-corrected chi connectivity index (χ1v) is 5.17. The van der Waals surface area contributed by atoms with Crippen LogP contribution in [0.25, 0.3) is 0 Å². The summed E-state index contributed by atoms with van der Waals surface area (Å²) in [5, 5.41) is 3.00. The Hall–Kier alpha value is -0.570. The van der Waals surface area contributed by atoms with E-state index < -0.39 is 0 Å². The van der Waals surface area contributed by atoms with Crippen molar-refractivity contribution >= 4 is 5.91 Å². The second-order valence-corrected chi connectivity index (χ2v) is 4.17. The van der Waals surface area contributed by atoms with E-state index in [2.05, 4.69) is 12.2 Å². The van der Waals surface area contributed by atoms with E-state index >= 15 is 0 Å². The van der Waals surface area contributed by atoms with Gasteiger partial charge in [-0.25, -0.2) is 0 Å². The Kier molecular flexibility index (Phi) is 3.72. The molecular weight excluding hydrogens is 164 g/mol. The number of amides is 1. The Balaban J connectivity index is 2.38. The van der Waals surface area contributed by atoms with Crippen molar-refractivity contribution in [3.63, 3.8) is 0 Å². The SMILES string of the molecule is CC(N)C(=O)NC1CCCCC1C. The largest absolute Gasteiger partial charge is 0.352 e. The van der Waals surface area contributed by atoms with Crippen molar-refractivity contribution in [1.29, 1.82) is 0 Å². The molecule has 0 bridgehead atoms. The van der Waals surface area contributed by atoms with E-state index in [1.165, 1.54) is 19.3 Å². The van der Waals surface area contributed by atoms with E-state index in [1.807, 2.05) is 0 Å². The van der Waals surface area contributed by atoms with Crippen molar-refractivity contribution < 1.29 is 4.79 Å². The summed E-state index contributed by atoms with van der Waals surface area (Å²) in [6.07, 6.45) is 4.86. The van der Waals surface area contributed by atoms with Crippen molar-refractivity contribution in [3.05, 3.63) is 0 Å². The number of hydrogen-bond donors (Lipinski definition) is 2. The molecule has 13 heavy (non-hydrogen) atoms. The zero-order valence-electron chi connectivity index (χ0n) is 8.55. The van der Waals surface area contributed by atoms with Crippen LogP contribution in [0.1, 0.15) is 39.5 Å². The Labute approximate surface area is 80.1 Å². The predicted octanol–water partition coefficient (Wildman–Crippen LogP) is 1.03. The monoisotopic (exact) mass is 184 g/mol. The Bertz CT molecular complexity index is 180. The highest BCUT2D eigenvalue weighted by molar-refractivity contribution is 5.81. The van der Waals surface area contributed by atoms with Gasteiger partial charge < -0.3 is 11.1 Å². The van der Waals surface area contributed by atoms with Gasteiger partial charge in [-0.15, -0.1) is 0 Å². The van der Waals surface area contributed by atoms with Crippen molar-refractivity contribution in [3.8, 4) is 0 Å². The fourth-order valence-electron chi connectivity index (χ4n) is 1.84. The smallest absolute Gasteiger partial charge is 0.236 e. The Morgan fingerprint density at radius 1 is 1.46 bits per heavy atom. The minimum atomic E-state index is -0.380. The molecule has 3 nitrogen and oxygen atoms in total. The summed E-state index contributed by atoms with van der Waals surface area (Å²) in [6, 6.07) is -0.0265. The summed E-state index contributed by atoms with van der Waals surface area (Å²) < 4.78 is 0. The second kappa shape index (κ2) is 4.61. The van der Waals surface area contributed by atoms with Crippen LogP contribution in [0, 0.1) is 5.92 Å². The molecule has 1 aliphatic carbocycles. The van der Waals surface area contributed by atoms with Gasteiger partial charge in [0.05, 0.1) is 6.04 Å². The molecule has 1 rings (SSSR count). The third-order valence-corrected chi connectivity index (χ3v) is 2.85. The summed E-state index contributed by atoms with van der Waals surface area (Å²) in [5.41, 5.74) is 5.49. The van der Waals surface area contributed by atoms with Gasteiger partial charge in [-0.2, -0.15) is 0 Å². The van der Waals surface area contributed by atoms with Crippen molar-refractivity contribution in [2.45, 2.75) is 51.6 Å².